The Kier molecular flexibility index (Phi) is 2.28. The van der Waals surface area contributed by atoms with Gasteiger partial charge in [0.1, 0.15) is 0 Å². The predicted molar refractivity (Wildman–Crippen MR) is 51.7 cm³/mol. The van der Waals surface area contributed by atoms with Crippen molar-refractivity contribution in [3.8, 4) is 0 Å². The SMILES string of the molecule is O=C1CC(=O)N(c2ncc(Br)cn2)C1. The molecule has 1 aromatic rings. The molecular weight excluding hydrogens is 250 g/mol. The van der Waals surface area contributed by atoms with Crippen LogP contribution in [0.3, 0.4) is 0 Å². The summed E-state index contributed by atoms with van der Waals surface area (Å²) in [6.07, 6.45) is 3.04. The molecule has 1 aliphatic rings. The van der Waals surface area contributed by atoms with Gasteiger partial charge in [0, 0.05) is 12.4 Å². The number of aromatic nitrogens is 2. The first kappa shape index (κ1) is 9.26. The van der Waals surface area contributed by atoms with Gasteiger partial charge in [0.25, 0.3) is 0 Å². The minimum atomic E-state index is -0.239. The second-order valence-electron chi connectivity index (χ2n) is 2.90. The molecule has 0 radical (unpaired) electrons. The lowest BCUT2D eigenvalue weighted by Crippen LogP contribution is -2.26. The molecule has 2 heterocycles. The van der Waals surface area contributed by atoms with Gasteiger partial charge < -0.3 is 0 Å². The van der Waals surface area contributed by atoms with Crippen LogP contribution in [0.1, 0.15) is 6.42 Å². The molecule has 0 atom stereocenters. The van der Waals surface area contributed by atoms with E-state index in [1.165, 1.54) is 4.90 Å². The van der Waals surface area contributed by atoms with E-state index in [-0.39, 0.29) is 30.6 Å². The number of halogens is 1. The first-order valence-electron chi connectivity index (χ1n) is 3.96. The maximum Gasteiger partial charge on any atom is 0.237 e. The van der Waals surface area contributed by atoms with Gasteiger partial charge in [0.2, 0.25) is 11.9 Å². The molecule has 0 saturated carbocycles. The normalized spacial score (nSPS) is 16.5. The Bertz CT molecular complexity index is 390. The highest BCUT2D eigenvalue weighted by molar-refractivity contribution is 9.10. The molecule has 1 aliphatic heterocycles. The van der Waals surface area contributed by atoms with Gasteiger partial charge in [-0.05, 0) is 15.9 Å². The molecule has 0 spiro atoms. The molecule has 0 aliphatic carbocycles. The van der Waals surface area contributed by atoms with Gasteiger partial charge in [-0.1, -0.05) is 0 Å². The Morgan fingerprint density at radius 2 is 1.93 bits per heavy atom. The van der Waals surface area contributed by atoms with E-state index in [2.05, 4.69) is 25.9 Å². The Morgan fingerprint density at radius 3 is 2.43 bits per heavy atom. The molecule has 14 heavy (non-hydrogen) atoms. The summed E-state index contributed by atoms with van der Waals surface area (Å²) in [6.45, 7) is 0.0838. The summed E-state index contributed by atoms with van der Waals surface area (Å²) in [5, 5.41) is 0. The molecule has 72 valence electrons. The smallest absolute Gasteiger partial charge is 0.237 e. The van der Waals surface area contributed by atoms with Crippen LogP contribution in [0, 0.1) is 0 Å². The number of rotatable bonds is 1. The van der Waals surface area contributed by atoms with Crippen molar-refractivity contribution in [1.82, 2.24) is 9.97 Å². The summed E-state index contributed by atoms with van der Waals surface area (Å²) < 4.78 is 0.735. The number of amides is 1. The van der Waals surface area contributed by atoms with Crippen LogP contribution >= 0.6 is 15.9 Å². The lowest BCUT2D eigenvalue weighted by Gasteiger charge is -2.10. The van der Waals surface area contributed by atoms with E-state index in [0.29, 0.717) is 0 Å². The Labute approximate surface area is 88.3 Å². The highest BCUT2D eigenvalue weighted by Crippen LogP contribution is 2.15. The van der Waals surface area contributed by atoms with Crippen molar-refractivity contribution in [3.63, 3.8) is 0 Å². The van der Waals surface area contributed by atoms with Gasteiger partial charge in [0.05, 0.1) is 17.4 Å². The highest BCUT2D eigenvalue weighted by Gasteiger charge is 2.30. The number of nitrogens with zero attached hydrogens (tertiary/aromatic N) is 3. The van der Waals surface area contributed by atoms with Gasteiger partial charge in [-0.2, -0.15) is 0 Å². The Balaban J connectivity index is 2.27. The lowest BCUT2D eigenvalue weighted by atomic mass is 10.3. The van der Waals surface area contributed by atoms with Crippen molar-refractivity contribution in [3.05, 3.63) is 16.9 Å². The number of hydrogen-bond donors (Lipinski definition) is 0. The van der Waals surface area contributed by atoms with Gasteiger partial charge in [-0.15, -0.1) is 0 Å². The van der Waals surface area contributed by atoms with Crippen molar-refractivity contribution in [2.24, 2.45) is 0 Å². The molecule has 0 N–H and O–H groups in total. The second kappa shape index (κ2) is 3.45. The van der Waals surface area contributed by atoms with Crippen molar-refractivity contribution < 1.29 is 9.59 Å². The van der Waals surface area contributed by atoms with Crippen LogP contribution in [0.5, 0.6) is 0 Å². The molecule has 0 aromatic carbocycles. The molecule has 2 rings (SSSR count). The first-order chi connectivity index (χ1) is 6.66. The summed E-state index contributed by atoms with van der Waals surface area (Å²) in [6, 6.07) is 0. The van der Waals surface area contributed by atoms with Crippen molar-refractivity contribution in [2.75, 3.05) is 11.4 Å². The van der Waals surface area contributed by atoms with Crippen LogP contribution in [0.15, 0.2) is 16.9 Å². The average Bonchev–Trinajstić information content (AvgIpc) is 2.47. The molecular formula is C8H6BrN3O2. The quantitative estimate of drug-likeness (QED) is 0.688. The molecule has 0 unspecified atom stereocenters. The highest BCUT2D eigenvalue weighted by atomic mass is 79.9. The summed E-state index contributed by atoms with van der Waals surface area (Å²) in [7, 11) is 0. The minimum absolute atomic E-state index is 0.0422. The number of ketones is 1. The third-order valence-electron chi connectivity index (χ3n) is 1.83. The first-order valence-corrected chi connectivity index (χ1v) is 4.76. The van der Waals surface area contributed by atoms with E-state index in [1.807, 2.05) is 0 Å². The molecule has 6 heteroatoms. The lowest BCUT2D eigenvalue weighted by molar-refractivity contribution is -0.121. The number of carbonyl (C=O) groups is 2. The summed E-state index contributed by atoms with van der Waals surface area (Å²) >= 11 is 3.19. The fraction of sp³-hybridized carbons (Fsp3) is 0.250. The maximum atomic E-state index is 11.3. The third kappa shape index (κ3) is 1.65. The number of hydrogen-bond acceptors (Lipinski definition) is 4. The molecule has 5 nitrogen and oxygen atoms in total. The topological polar surface area (TPSA) is 63.2 Å². The molecule has 1 aromatic heterocycles. The fourth-order valence-electron chi connectivity index (χ4n) is 1.21. The van der Waals surface area contributed by atoms with Crippen LogP contribution in [0.2, 0.25) is 0 Å². The largest absolute Gasteiger partial charge is 0.297 e. The van der Waals surface area contributed by atoms with E-state index >= 15 is 0 Å². The van der Waals surface area contributed by atoms with E-state index < -0.39 is 0 Å². The zero-order valence-electron chi connectivity index (χ0n) is 7.11. The monoisotopic (exact) mass is 255 g/mol. The number of carbonyl (C=O) groups excluding carboxylic acids is 2. The van der Waals surface area contributed by atoms with Crippen LogP contribution in [0.4, 0.5) is 5.95 Å². The van der Waals surface area contributed by atoms with Gasteiger partial charge >= 0.3 is 0 Å². The molecule has 1 saturated heterocycles. The van der Waals surface area contributed by atoms with Crippen LogP contribution in [-0.2, 0) is 9.59 Å². The van der Waals surface area contributed by atoms with Crippen LogP contribution in [-0.4, -0.2) is 28.2 Å². The van der Waals surface area contributed by atoms with Gasteiger partial charge in [-0.3, -0.25) is 14.5 Å². The van der Waals surface area contributed by atoms with Gasteiger partial charge in [0.15, 0.2) is 5.78 Å². The van der Waals surface area contributed by atoms with E-state index in [0.717, 1.165) is 4.47 Å². The fourth-order valence-corrected chi connectivity index (χ4v) is 1.42. The molecule has 1 amide bonds. The average molecular weight is 256 g/mol. The van der Waals surface area contributed by atoms with Crippen molar-refractivity contribution in [2.45, 2.75) is 6.42 Å². The maximum absolute atomic E-state index is 11.3. The molecule has 0 bridgehead atoms. The zero-order valence-corrected chi connectivity index (χ0v) is 8.69. The summed E-state index contributed by atoms with van der Waals surface area (Å²) in [5.41, 5.74) is 0. The Morgan fingerprint density at radius 1 is 1.29 bits per heavy atom. The second-order valence-corrected chi connectivity index (χ2v) is 3.81. The predicted octanol–water partition coefficient (Wildman–Crippen LogP) is 0.545. The van der Waals surface area contributed by atoms with Crippen molar-refractivity contribution >= 4 is 33.6 Å². The summed E-state index contributed by atoms with van der Waals surface area (Å²) in [4.78, 5) is 31.4. The van der Waals surface area contributed by atoms with E-state index in [1.54, 1.807) is 12.4 Å². The number of Topliss-reactive ketones (excluding diaryl/α,β-unsaturated/α-hetero) is 1. The summed E-state index contributed by atoms with van der Waals surface area (Å²) in [5.74, 6) is -0.0529. The van der Waals surface area contributed by atoms with Crippen LogP contribution < -0.4 is 4.90 Å². The number of anilines is 1. The Hall–Kier alpha value is -1.30. The molecule has 1 fully saturated rings. The third-order valence-corrected chi connectivity index (χ3v) is 2.24. The van der Waals surface area contributed by atoms with Crippen molar-refractivity contribution in [1.29, 1.82) is 0 Å². The van der Waals surface area contributed by atoms with E-state index in [4.69, 9.17) is 0 Å². The minimum Gasteiger partial charge on any atom is -0.297 e. The van der Waals surface area contributed by atoms with E-state index in [9.17, 15) is 9.59 Å². The van der Waals surface area contributed by atoms with Gasteiger partial charge in [-0.25, -0.2) is 9.97 Å². The zero-order chi connectivity index (χ0) is 10.1. The van der Waals surface area contributed by atoms with Crippen LogP contribution in [0.25, 0.3) is 0 Å². The standard InChI is InChI=1S/C8H6BrN3O2/c9-5-2-10-8(11-3-5)12-4-6(13)1-7(12)14/h2-3H,1,4H2.